The summed E-state index contributed by atoms with van der Waals surface area (Å²) in [5.41, 5.74) is 2.03. The summed E-state index contributed by atoms with van der Waals surface area (Å²) in [6, 6.07) is 9.46. The maximum absolute atomic E-state index is 12.9. The molecule has 2 aromatic rings. The van der Waals surface area contributed by atoms with Gasteiger partial charge in [0.1, 0.15) is 12.4 Å². The monoisotopic (exact) mass is 414 g/mol. The predicted octanol–water partition coefficient (Wildman–Crippen LogP) is 3.77. The largest absolute Gasteiger partial charge is 0.493 e. The zero-order valence-electron chi connectivity index (χ0n) is 17.6. The van der Waals surface area contributed by atoms with Gasteiger partial charge >= 0.3 is 0 Å². The third-order valence-corrected chi connectivity index (χ3v) is 5.24. The van der Waals surface area contributed by atoms with Gasteiger partial charge in [0.05, 0.1) is 25.2 Å². The van der Waals surface area contributed by atoms with Crippen LogP contribution in [0.2, 0.25) is 0 Å². The molecule has 0 saturated heterocycles. The van der Waals surface area contributed by atoms with Gasteiger partial charge in [-0.25, -0.2) is 0 Å². The van der Waals surface area contributed by atoms with Crippen molar-refractivity contribution in [3.05, 3.63) is 57.6 Å². The highest BCUT2D eigenvalue weighted by Crippen LogP contribution is 2.39. The molecule has 0 bridgehead atoms. The number of carbonyl (C=O) groups excluding carboxylic acids is 1. The fourth-order valence-corrected chi connectivity index (χ4v) is 3.64. The Morgan fingerprint density at radius 3 is 2.37 bits per heavy atom. The van der Waals surface area contributed by atoms with Crippen molar-refractivity contribution >= 4 is 11.6 Å². The fourth-order valence-electron chi connectivity index (χ4n) is 3.64. The molecular weight excluding hydrogens is 388 g/mol. The van der Waals surface area contributed by atoms with Gasteiger partial charge in [0.2, 0.25) is 5.91 Å². The van der Waals surface area contributed by atoms with Crippen LogP contribution in [-0.2, 0) is 11.2 Å². The molecule has 1 aliphatic heterocycles. The number of nitro benzene ring substituents is 1. The van der Waals surface area contributed by atoms with E-state index in [0.717, 1.165) is 11.1 Å². The molecule has 1 atom stereocenters. The highest BCUT2D eigenvalue weighted by atomic mass is 16.6. The minimum atomic E-state index is -0.455. The van der Waals surface area contributed by atoms with Crippen LogP contribution in [-0.4, -0.2) is 43.1 Å². The molecule has 0 spiro atoms. The fraction of sp³-hybridized carbons (Fsp3) is 0.409. The minimum absolute atomic E-state index is 0.00111. The number of carbonyl (C=O) groups is 1. The average molecular weight is 414 g/mol. The predicted molar refractivity (Wildman–Crippen MR) is 111 cm³/mol. The summed E-state index contributed by atoms with van der Waals surface area (Å²) in [4.78, 5) is 25.1. The van der Waals surface area contributed by atoms with Gasteiger partial charge in [0.15, 0.2) is 11.5 Å². The molecule has 1 unspecified atom stereocenters. The first-order valence-corrected chi connectivity index (χ1v) is 9.78. The normalized spacial score (nSPS) is 15.5. The second kappa shape index (κ2) is 9.02. The maximum Gasteiger partial charge on any atom is 0.269 e. The van der Waals surface area contributed by atoms with Crippen LogP contribution in [0.1, 0.15) is 31.0 Å². The van der Waals surface area contributed by atoms with Gasteiger partial charge in [-0.15, -0.1) is 0 Å². The van der Waals surface area contributed by atoms with Gasteiger partial charge < -0.3 is 19.1 Å². The highest BCUT2D eigenvalue weighted by molar-refractivity contribution is 5.79. The zero-order chi connectivity index (χ0) is 21.8. The molecule has 1 heterocycles. The number of hydrogen-bond donors (Lipinski definition) is 0. The lowest BCUT2D eigenvalue weighted by Crippen LogP contribution is -2.44. The quantitative estimate of drug-likeness (QED) is 0.506. The van der Waals surface area contributed by atoms with E-state index in [9.17, 15) is 14.9 Å². The number of methoxy groups -OCH3 is 2. The number of nitro groups is 1. The molecule has 3 rings (SSSR count). The van der Waals surface area contributed by atoms with Crippen molar-refractivity contribution in [3.8, 4) is 17.2 Å². The number of fused-ring (bicyclic) bond motifs is 1. The lowest BCUT2D eigenvalue weighted by atomic mass is 9.91. The van der Waals surface area contributed by atoms with E-state index in [2.05, 4.69) is 0 Å². The number of ether oxygens (including phenoxy) is 3. The van der Waals surface area contributed by atoms with E-state index in [0.29, 0.717) is 30.2 Å². The van der Waals surface area contributed by atoms with Crippen molar-refractivity contribution in [3.63, 3.8) is 0 Å². The third-order valence-electron chi connectivity index (χ3n) is 5.24. The van der Waals surface area contributed by atoms with Crippen LogP contribution in [0.15, 0.2) is 36.4 Å². The Balaban J connectivity index is 1.92. The van der Waals surface area contributed by atoms with Crippen molar-refractivity contribution in [2.45, 2.75) is 26.3 Å². The molecule has 8 nitrogen and oxygen atoms in total. The Kier molecular flexibility index (Phi) is 6.44. The first-order valence-electron chi connectivity index (χ1n) is 9.78. The smallest absolute Gasteiger partial charge is 0.269 e. The van der Waals surface area contributed by atoms with Crippen LogP contribution >= 0.6 is 0 Å². The van der Waals surface area contributed by atoms with Crippen LogP contribution in [0.3, 0.4) is 0 Å². The summed E-state index contributed by atoms with van der Waals surface area (Å²) in [5.74, 6) is 1.65. The molecule has 0 radical (unpaired) electrons. The van der Waals surface area contributed by atoms with Crippen LogP contribution < -0.4 is 14.2 Å². The standard InChI is InChI=1S/C22H26N2O6/c1-14(2)22(25)23-10-9-15-11-20(28-3)21(29-4)12-18(15)19(23)13-30-17-7-5-16(6-8-17)24(26)27/h5-8,11-12,14,19H,9-10,13H2,1-4H3. The van der Waals surface area contributed by atoms with Crippen LogP contribution in [0.25, 0.3) is 0 Å². The van der Waals surface area contributed by atoms with E-state index in [-0.39, 0.29) is 30.2 Å². The zero-order valence-corrected chi connectivity index (χ0v) is 17.6. The summed E-state index contributed by atoms with van der Waals surface area (Å²) in [6.45, 7) is 4.55. The van der Waals surface area contributed by atoms with Crippen molar-refractivity contribution in [1.82, 2.24) is 4.90 Å². The van der Waals surface area contributed by atoms with Crippen LogP contribution in [0.4, 0.5) is 5.69 Å². The molecule has 30 heavy (non-hydrogen) atoms. The molecule has 1 aliphatic rings. The molecule has 0 aromatic heterocycles. The molecular formula is C22H26N2O6. The van der Waals surface area contributed by atoms with Gasteiger partial charge in [0, 0.05) is 24.6 Å². The Bertz CT molecular complexity index is 926. The summed E-state index contributed by atoms with van der Waals surface area (Å²) in [6.07, 6.45) is 0.710. The first-order chi connectivity index (χ1) is 14.3. The van der Waals surface area contributed by atoms with E-state index in [1.807, 2.05) is 30.9 Å². The van der Waals surface area contributed by atoms with Crippen molar-refractivity contribution in [2.75, 3.05) is 27.4 Å². The summed E-state index contributed by atoms with van der Waals surface area (Å²) >= 11 is 0. The lowest BCUT2D eigenvalue weighted by molar-refractivity contribution is -0.384. The number of benzene rings is 2. The van der Waals surface area contributed by atoms with E-state index in [1.54, 1.807) is 26.4 Å². The Labute approximate surface area is 175 Å². The number of rotatable bonds is 7. The van der Waals surface area contributed by atoms with Gasteiger partial charge in [-0.3, -0.25) is 14.9 Å². The van der Waals surface area contributed by atoms with E-state index in [4.69, 9.17) is 14.2 Å². The van der Waals surface area contributed by atoms with Gasteiger partial charge in [-0.05, 0) is 41.8 Å². The number of nitrogens with zero attached hydrogens (tertiary/aromatic N) is 2. The number of amides is 1. The van der Waals surface area contributed by atoms with Crippen molar-refractivity contribution < 1.29 is 23.9 Å². The third kappa shape index (κ3) is 4.32. The lowest BCUT2D eigenvalue weighted by Gasteiger charge is -2.38. The summed E-state index contributed by atoms with van der Waals surface area (Å²) in [7, 11) is 3.17. The molecule has 0 aliphatic carbocycles. The summed E-state index contributed by atoms with van der Waals surface area (Å²) in [5, 5.41) is 10.8. The second-order valence-electron chi connectivity index (χ2n) is 7.42. The van der Waals surface area contributed by atoms with Gasteiger partial charge in [-0.1, -0.05) is 13.8 Å². The topological polar surface area (TPSA) is 91.1 Å². The van der Waals surface area contributed by atoms with E-state index in [1.165, 1.54) is 12.1 Å². The molecule has 2 aromatic carbocycles. The van der Waals surface area contributed by atoms with Gasteiger partial charge in [0.25, 0.3) is 5.69 Å². The van der Waals surface area contributed by atoms with E-state index < -0.39 is 4.92 Å². The average Bonchev–Trinajstić information content (AvgIpc) is 2.75. The SMILES string of the molecule is COc1cc2c(cc1OC)C(COc1ccc([N+](=O)[O-])cc1)N(C(=O)C(C)C)CC2. The minimum Gasteiger partial charge on any atom is -0.493 e. The molecule has 8 heteroatoms. The Morgan fingerprint density at radius 1 is 1.17 bits per heavy atom. The van der Waals surface area contributed by atoms with Crippen LogP contribution in [0, 0.1) is 16.0 Å². The van der Waals surface area contributed by atoms with Crippen molar-refractivity contribution in [1.29, 1.82) is 0 Å². The molecule has 160 valence electrons. The second-order valence-corrected chi connectivity index (χ2v) is 7.42. The summed E-state index contributed by atoms with van der Waals surface area (Å²) < 4.78 is 16.8. The first kappa shape index (κ1) is 21.4. The molecule has 0 fully saturated rings. The Hall–Kier alpha value is -3.29. The Morgan fingerprint density at radius 2 is 1.80 bits per heavy atom. The van der Waals surface area contributed by atoms with Crippen LogP contribution in [0.5, 0.6) is 17.2 Å². The molecule has 1 amide bonds. The van der Waals surface area contributed by atoms with Crippen molar-refractivity contribution in [2.24, 2.45) is 5.92 Å². The molecule has 0 N–H and O–H groups in total. The maximum atomic E-state index is 12.9. The van der Waals surface area contributed by atoms with Gasteiger partial charge in [-0.2, -0.15) is 0 Å². The molecule has 0 saturated carbocycles. The van der Waals surface area contributed by atoms with E-state index >= 15 is 0 Å². The number of hydrogen-bond acceptors (Lipinski definition) is 6. The highest BCUT2D eigenvalue weighted by Gasteiger charge is 2.33. The number of non-ortho nitro benzene ring substituents is 1.